The number of rotatable bonds is 21. The molecule has 1 atom stereocenters. The van der Waals surface area contributed by atoms with E-state index in [1.807, 2.05) is 0 Å². The van der Waals surface area contributed by atoms with Crippen LogP contribution >= 0.6 is 0 Å². The molecule has 2 N–H and O–H groups in total. The number of anilines is 1. The maximum absolute atomic E-state index is 12.5. The van der Waals surface area contributed by atoms with Crippen LogP contribution in [0.3, 0.4) is 0 Å². The molecule has 0 heterocycles. The molecule has 1 aromatic carbocycles. The predicted molar refractivity (Wildman–Crippen MR) is 147 cm³/mol. The van der Waals surface area contributed by atoms with Crippen LogP contribution in [0.4, 0.5) is 5.69 Å². The number of esters is 1. The predicted octanol–water partition coefficient (Wildman–Crippen LogP) is 5.15. The molecule has 10 heteroatoms. The number of nitrogens with one attached hydrogen (secondary N) is 2. The monoisotopic (exact) mass is 546 g/mol. The van der Waals surface area contributed by atoms with Crippen LogP contribution in [0.5, 0.6) is 0 Å². The van der Waals surface area contributed by atoms with Crippen molar-refractivity contribution in [2.75, 3.05) is 23.3 Å². The highest BCUT2D eigenvalue weighted by Gasteiger charge is 2.25. The zero-order chi connectivity index (χ0) is 26.9. The molecule has 1 aromatic rings. The minimum atomic E-state index is -3.64. The zero-order valence-corrected chi connectivity index (χ0v) is 23.9. The SMILES string of the molecule is CCCCCCCCS(=O)(=O)Nc1ccc(CC(NS(=O)(=O)CCCCCCCC)C(=O)OC)cc1. The summed E-state index contributed by atoms with van der Waals surface area (Å²) in [6, 6.07) is 5.55. The highest BCUT2D eigenvalue weighted by molar-refractivity contribution is 7.92. The first-order valence-corrected chi connectivity index (χ1v) is 16.6. The van der Waals surface area contributed by atoms with Gasteiger partial charge in [0.15, 0.2) is 0 Å². The van der Waals surface area contributed by atoms with E-state index in [9.17, 15) is 21.6 Å². The first-order valence-electron chi connectivity index (χ1n) is 13.3. The van der Waals surface area contributed by atoms with Gasteiger partial charge in [0, 0.05) is 5.69 Å². The van der Waals surface area contributed by atoms with E-state index < -0.39 is 32.1 Å². The van der Waals surface area contributed by atoms with Gasteiger partial charge in [-0.25, -0.2) is 21.6 Å². The average molecular weight is 547 g/mol. The highest BCUT2D eigenvalue weighted by atomic mass is 32.2. The molecule has 0 amide bonds. The van der Waals surface area contributed by atoms with E-state index in [1.165, 1.54) is 13.5 Å². The van der Waals surface area contributed by atoms with Crippen molar-refractivity contribution >= 4 is 31.7 Å². The molecule has 0 saturated heterocycles. The Morgan fingerprint density at radius 3 is 1.72 bits per heavy atom. The number of hydrogen-bond acceptors (Lipinski definition) is 6. The van der Waals surface area contributed by atoms with Gasteiger partial charge in [0.25, 0.3) is 0 Å². The van der Waals surface area contributed by atoms with Gasteiger partial charge in [0.2, 0.25) is 20.0 Å². The van der Waals surface area contributed by atoms with Crippen molar-refractivity contribution in [1.29, 1.82) is 0 Å². The fourth-order valence-corrected chi connectivity index (χ4v) is 6.41. The summed E-state index contributed by atoms with van der Waals surface area (Å²) in [7, 11) is -5.86. The van der Waals surface area contributed by atoms with Crippen LogP contribution in [0.15, 0.2) is 24.3 Å². The van der Waals surface area contributed by atoms with Gasteiger partial charge < -0.3 is 4.74 Å². The van der Waals surface area contributed by atoms with E-state index in [-0.39, 0.29) is 17.9 Å². The molecule has 0 aliphatic carbocycles. The van der Waals surface area contributed by atoms with E-state index in [1.54, 1.807) is 24.3 Å². The molecule has 208 valence electrons. The second kappa shape index (κ2) is 17.7. The van der Waals surface area contributed by atoms with Crippen LogP contribution in [0, 0.1) is 0 Å². The normalized spacial score (nSPS) is 12.9. The molecular formula is C26H46N2O6S2. The molecule has 1 rings (SSSR count). The molecule has 0 aliphatic heterocycles. The molecular weight excluding hydrogens is 500 g/mol. The first-order chi connectivity index (χ1) is 17.1. The maximum atomic E-state index is 12.5. The van der Waals surface area contributed by atoms with Crippen molar-refractivity contribution in [1.82, 2.24) is 4.72 Å². The average Bonchev–Trinajstić information content (AvgIpc) is 2.83. The number of ether oxygens (including phenoxy) is 1. The molecule has 8 nitrogen and oxygen atoms in total. The Hall–Kier alpha value is -1.65. The lowest BCUT2D eigenvalue weighted by atomic mass is 10.1. The number of benzene rings is 1. The van der Waals surface area contributed by atoms with E-state index >= 15 is 0 Å². The van der Waals surface area contributed by atoms with Gasteiger partial charge in [-0.2, -0.15) is 0 Å². The van der Waals surface area contributed by atoms with Crippen molar-refractivity contribution in [3.63, 3.8) is 0 Å². The van der Waals surface area contributed by atoms with Gasteiger partial charge in [-0.1, -0.05) is 90.2 Å². The van der Waals surface area contributed by atoms with Crippen molar-refractivity contribution in [2.24, 2.45) is 0 Å². The van der Waals surface area contributed by atoms with Crippen molar-refractivity contribution < 1.29 is 26.4 Å². The second-order valence-electron chi connectivity index (χ2n) is 9.37. The fourth-order valence-electron chi connectivity index (χ4n) is 3.91. The molecule has 0 saturated carbocycles. The number of carbonyl (C=O) groups excluding carboxylic acids is 1. The van der Waals surface area contributed by atoms with E-state index in [2.05, 4.69) is 23.3 Å². The molecule has 0 aromatic heterocycles. The molecule has 36 heavy (non-hydrogen) atoms. The van der Waals surface area contributed by atoms with Gasteiger partial charge in [-0.15, -0.1) is 0 Å². The van der Waals surface area contributed by atoms with E-state index in [4.69, 9.17) is 4.74 Å². The number of sulfonamides is 2. The minimum Gasteiger partial charge on any atom is -0.468 e. The zero-order valence-electron chi connectivity index (χ0n) is 22.3. The summed E-state index contributed by atoms with van der Waals surface area (Å²) in [5, 5.41) is 0. The van der Waals surface area contributed by atoms with Crippen molar-refractivity contribution in [3.8, 4) is 0 Å². The van der Waals surface area contributed by atoms with Crippen LogP contribution in [0.1, 0.15) is 96.5 Å². The highest BCUT2D eigenvalue weighted by Crippen LogP contribution is 2.15. The third-order valence-corrected chi connectivity index (χ3v) is 8.85. The van der Waals surface area contributed by atoms with Gasteiger partial charge in [0.1, 0.15) is 6.04 Å². The van der Waals surface area contributed by atoms with Gasteiger partial charge in [-0.3, -0.25) is 9.52 Å². The molecule has 1 unspecified atom stereocenters. The standard InChI is InChI=1S/C26H46N2O6S2/c1-4-6-8-10-12-14-20-35(30,31)27-24-18-16-23(17-19-24)22-25(26(29)34-3)28-36(32,33)21-15-13-11-9-7-5-2/h16-19,25,27-28H,4-15,20-22H2,1-3H3. The topological polar surface area (TPSA) is 119 Å². The summed E-state index contributed by atoms with van der Waals surface area (Å²) < 4.78 is 59.6. The second-order valence-corrected chi connectivity index (χ2v) is 13.1. The summed E-state index contributed by atoms with van der Waals surface area (Å²) >= 11 is 0. The van der Waals surface area contributed by atoms with Gasteiger partial charge >= 0.3 is 5.97 Å². The number of carbonyl (C=O) groups is 1. The Kier molecular flexibility index (Phi) is 16.0. The quantitative estimate of drug-likeness (QED) is 0.163. The molecule has 0 radical (unpaired) electrons. The Balaban J connectivity index is 2.61. The summed E-state index contributed by atoms with van der Waals surface area (Å²) in [5.41, 5.74) is 1.12. The van der Waals surface area contributed by atoms with E-state index in [0.29, 0.717) is 24.1 Å². The van der Waals surface area contributed by atoms with Gasteiger partial charge in [0.05, 0.1) is 18.6 Å². The Morgan fingerprint density at radius 1 is 0.750 bits per heavy atom. The Bertz CT molecular complexity index is 947. The lowest BCUT2D eigenvalue weighted by Gasteiger charge is -2.17. The summed E-state index contributed by atoms with van der Waals surface area (Å²) in [6.07, 6.45) is 11.9. The van der Waals surface area contributed by atoms with Crippen LogP contribution in [0.2, 0.25) is 0 Å². The summed E-state index contributed by atoms with van der Waals surface area (Å²) in [5.74, 6) is -0.623. The number of methoxy groups -OCH3 is 1. The third-order valence-electron chi connectivity index (χ3n) is 6.01. The Morgan fingerprint density at radius 2 is 1.22 bits per heavy atom. The number of unbranched alkanes of at least 4 members (excludes halogenated alkanes) is 10. The molecule has 0 bridgehead atoms. The Labute approximate surface area is 219 Å². The first kappa shape index (κ1) is 32.4. The fraction of sp³-hybridized carbons (Fsp3) is 0.731. The number of hydrogen-bond donors (Lipinski definition) is 2. The van der Waals surface area contributed by atoms with Crippen LogP contribution in [-0.4, -0.2) is 47.5 Å². The lowest BCUT2D eigenvalue weighted by Crippen LogP contribution is -2.43. The molecule has 0 fully saturated rings. The largest absolute Gasteiger partial charge is 0.468 e. The van der Waals surface area contributed by atoms with Gasteiger partial charge in [-0.05, 0) is 37.0 Å². The molecule has 0 spiro atoms. The van der Waals surface area contributed by atoms with Crippen molar-refractivity contribution in [3.05, 3.63) is 29.8 Å². The van der Waals surface area contributed by atoms with Crippen LogP contribution < -0.4 is 9.44 Å². The van der Waals surface area contributed by atoms with Crippen LogP contribution in [0.25, 0.3) is 0 Å². The maximum Gasteiger partial charge on any atom is 0.324 e. The minimum absolute atomic E-state index is 0.0358. The smallest absolute Gasteiger partial charge is 0.324 e. The van der Waals surface area contributed by atoms with Crippen LogP contribution in [-0.2, 0) is 36.0 Å². The summed E-state index contributed by atoms with van der Waals surface area (Å²) in [4.78, 5) is 12.2. The summed E-state index contributed by atoms with van der Waals surface area (Å²) in [6.45, 7) is 4.27. The lowest BCUT2D eigenvalue weighted by molar-refractivity contribution is -0.142. The van der Waals surface area contributed by atoms with E-state index in [0.717, 1.165) is 57.8 Å². The van der Waals surface area contributed by atoms with Crippen molar-refractivity contribution in [2.45, 2.75) is 103 Å². The third kappa shape index (κ3) is 14.8. The molecule has 0 aliphatic rings.